The highest BCUT2D eigenvalue weighted by Gasteiger charge is 2.15. The first kappa shape index (κ1) is 15.2. The van der Waals surface area contributed by atoms with E-state index in [0.717, 1.165) is 6.20 Å². The molecule has 0 saturated carbocycles. The zero-order valence-electron chi connectivity index (χ0n) is 10.4. The van der Waals surface area contributed by atoms with Gasteiger partial charge in [0.2, 0.25) is 5.88 Å². The molecule has 17 heavy (non-hydrogen) atoms. The van der Waals surface area contributed by atoms with Gasteiger partial charge in [-0.05, 0) is 6.92 Å². The lowest BCUT2D eigenvalue weighted by Gasteiger charge is -2.11. The fourth-order valence-corrected chi connectivity index (χ4v) is 0.894. The van der Waals surface area contributed by atoms with Crippen LogP contribution in [0.25, 0.3) is 0 Å². The summed E-state index contributed by atoms with van der Waals surface area (Å²) >= 11 is 0. The lowest BCUT2D eigenvalue weighted by atomic mass is 10.4. The molecule has 0 bridgehead atoms. The summed E-state index contributed by atoms with van der Waals surface area (Å²) in [6.45, 7) is 5.49. The lowest BCUT2D eigenvalue weighted by molar-refractivity contribution is -0.148. The topological polar surface area (TPSA) is 74.4 Å². The predicted molar refractivity (Wildman–Crippen MR) is 62.1 cm³/mol. The number of rotatable bonds is 3. The molecule has 6 heteroatoms. The Morgan fingerprint density at radius 3 is 2.59 bits per heavy atom. The molecule has 1 aromatic rings. The number of pyridine rings is 1. The highest BCUT2D eigenvalue weighted by molar-refractivity contribution is 5.74. The van der Waals surface area contributed by atoms with Crippen molar-refractivity contribution in [3.63, 3.8) is 0 Å². The molecule has 96 valence electrons. The molecular formula is C11H17FN2O3. The highest BCUT2D eigenvalue weighted by Crippen LogP contribution is 2.16. The Kier molecular flexibility index (Phi) is 6.62. The summed E-state index contributed by atoms with van der Waals surface area (Å²) in [5.74, 6) is -1.10. The maximum absolute atomic E-state index is 12.7. The maximum atomic E-state index is 12.7. The molecule has 0 aliphatic carbocycles. The van der Waals surface area contributed by atoms with Crippen molar-refractivity contribution in [2.75, 3.05) is 12.8 Å². The van der Waals surface area contributed by atoms with Gasteiger partial charge in [-0.3, -0.25) is 0 Å². The minimum Gasteiger partial charge on any atom is -0.466 e. The number of aromatic nitrogens is 1. The number of carbonyl (C=O) groups excluding carboxylic acids is 1. The molecule has 0 fully saturated rings. The first-order valence-corrected chi connectivity index (χ1v) is 5.20. The highest BCUT2D eigenvalue weighted by atomic mass is 19.1. The second-order valence-electron chi connectivity index (χ2n) is 2.83. The molecule has 1 atom stereocenters. The number of anilines is 1. The number of nitrogens with zero attached hydrogens (tertiary/aromatic N) is 1. The number of hydrogen-bond donors (Lipinski definition) is 1. The third-order valence-electron chi connectivity index (χ3n) is 1.69. The Bertz CT molecular complexity index is 372. The van der Waals surface area contributed by atoms with Crippen LogP contribution in [0, 0.1) is 5.82 Å². The standard InChI is InChI=1S/C9H11FN2O3.C2H6/c1-5(9(13)14-2)15-8-3-7(11)6(10)4-12-8;1-2/h3-5H,1-2H3,(H2,11,12);1-2H3. The average molecular weight is 244 g/mol. The number of methoxy groups -OCH3 is 1. The van der Waals surface area contributed by atoms with E-state index in [1.165, 1.54) is 20.1 Å². The normalized spacial score (nSPS) is 10.9. The van der Waals surface area contributed by atoms with E-state index in [2.05, 4.69) is 9.72 Å². The number of halogens is 1. The van der Waals surface area contributed by atoms with Crippen molar-refractivity contribution in [1.29, 1.82) is 0 Å². The molecule has 0 spiro atoms. The van der Waals surface area contributed by atoms with Gasteiger partial charge in [0, 0.05) is 6.07 Å². The van der Waals surface area contributed by atoms with Gasteiger partial charge in [0.15, 0.2) is 11.9 Å². The van der Waals surface area contributed by atoms with Gasteiger partial charge < -0.3 is 15.2 Å². The van der Waals surface area contributed by atoms with Crippen molar-refractivity contribution in [1.82, 2.24) is 4.98 Å². The Morgan fingerprint density at radius 1 is 1.53 bits per heavy atom. The molecule has 0 amide bonds. The summed E-state index contributed by atoms with van der Waals surface area (Å²) in [6, 6.07) is 1.20. The van der Waals surface area contributed by atoms with Crippen LogP contribution in [0.4, 0.5) is 10.1 Å². The van der Waals surface area contributed by atoms with Crippen LogP contribution in [0.2, 0.25) is 0 Å². The van der Waals surface area contributed by atoms with E-state index in [0.29, 0.717) is 0 Å². The van der Waals surface area contributed by atoms with E-state index in [1.807, 2.05) is 13.8 Å². The summed E-state index contributed by atoms with van der Waals surface area (Å²) in [5, 5.41) is 0. The van der Waals surface area contributed by atoms with Crippen molar-refractivity contribution < 1.29 is 18.7 Å². The summed E-state index contributed by atoms with van der Waals surface area (Å²) in [6.07, 6.45) is 0.113. The lowest BCUT2D eigenvalue weighted by Crippen LogP contribution is -2.25. The van der Waals surface area contributed by atoms with Gasteiger partial charge in [-0.1, -0.05) is 13.8 Å². The van der Waals surface area contributed by atoms with Crippen molar-refractivity contribution in [3.8, 4) is 5.88 Å². The fraction of sp³-hybridized carbons (Fsp3) is 0.455. The maximum Gasteiger partial charge on any atom is 0.346 e. The molecule has 5 nitrogen and oxygen atoms in total. The second kappa shape index (κ2) is 7.43. The summed E-state index contributed by atoms with van der Waals surface area (Å²) < 4.78 is 22.2. The van der Waals surface area contributed by atoms with E-state index in [-0.39, 0.29) is 11.6 Å². The van der Waals surface area contributed by atoms with Gasteiger partial charge in [-0.15, -0.1) is 0 Å². The van der Waals surface area contributed by atoms with Crippen molar-refractivity contribution >= 4 is 11.7 Å². The molecule has 1 aromatic heterocycles. The number of esters is 1. The third-order valence-corrected chi connectivity index (χ3v) is 1.69. The van der Waals surface area contributed by atoms with Gasteiger partial charge >= 0.3 is 5.97 Å². The minimum atomic E-state index is -0.813. The SMILES string of the molecule is CC.COC(=O)C(C)Oc1cc(N)c(F)cn1. The molecule has 1 heterocycles. The van der Waals surface area contributed by atoms with Crippen LogP contribution in [0.5, 0.6) is 5.88 Å². The van der Waals surface area contributed by atoms with Crippen molar-refractivity contribution in [3.05, 3.63) is 18.1 Å². The smallest absolute Gasteiger partial charge is 0.346 e. The van der Waals surface area contributed by atoms with E-state index >= 15 is 0 Å². The number of nitrogens with two attached hydrogens (primary N) is 1. The number of hydrogen-bond acceptors (Lipinski definition) is 5. The second-order valence-corrected chi connectivity index (χ2v) is 2.83. The van der Waals surface area contributed by atoms with Crippen LogP contribution in [-0.4, -0.2) is 24.2 Å². The van der Waals surface area contributed by atoms with E-state index in [4.69, 9.17) is 10.5 Å². The van der Waals surface area contributed by atoms with Crippen LogP contribution < -0.4 is 10.5 Å². The van der Waals surface area contributed by atoms with Crippen LogP contribution in [-0.2, 0) is 9.53 Å². The summed E-state index contributed by atoms with van der Waals surface area (Å²) in [7, 11) is 1.24. The molecule has 2 N–H and O–H groups in total. The molecule has 1 unspecified atom stereocenters. The Balaban J connectivity index is 0.00000121. The Labute approximate surface area is 99.7 Å². The zero-order valence-corrected chi connectivity index (χ0v) is 10.4. The van der Waals surface area contributed by atoms with Crippen LogP contribution >= 0.6 is 0 Å². The van der Waals surface area contributed by atoms with Gasteiger partial charge in [0.1, 0.15) is 0 Å². The van der Waals surface area contributed by atoms with E-state index in [9.17, 15) is 9.18 Å². The van der Waals surface area contributed by atoms with Gasteiger partial charge in [0.05, 0.1) is 19.0 Å². The van der Waals surface area contributed by atoms with Crippen molar-refractivity contribution in [2.45, 2.75) is 26.9 Å². The largest absolute Gasteiger partial charge is 0.466 e. The van der Waals surface area contributed by atoms with Crippen LogP contribution in [0.15, 0.2) is 12.3 Å². The van der Waals surface area contributed by atoms with Crippen LogP contribution in [0.1, 0.15) is 20.8 Å². The molecule has 0 radical (unpaired) electrons. The van der Waals surface area contributed by atoms with Gasteiger partial charge in [0.25, 0.3) is 0 Å². The molecule has 0 aliphatic heterocycles. The molecule has 0 aromatic carbocycles. The fourth-order valence-electron chi connectivity index (χ4n) is 0.894. The van der Waals surface area contributed by atoms with Gasteiger partial charge in [-0.2, -0.15) is 0 Å². The molecule has 0 aliphatic rings. The monoisotopic (exact) mass is 244 g/mol. The third kappa shape index (κ3) is 4.67. The van der Waals surface area contributed by atoms with E-state index in [1.54, 1.807) is 0 Å². The number of ether oxygens (including phenoxy) is 2. The van der Waals surface area contributed by atoms with Crippen molar-refractivity contribution in [2.24, 2.45) is 0 Å². The zero-order chi connectivity index (χ0) is 13.4. The molecule has 0 saturated heterocycles. The average Bonchev–Trinajstić information content (AvgIpc) is 2.35. The Morgan fingerprint density at radius 2 is 2.12 bits per heavy atom. The number of nitrogen functional groups attached to an aromatic ring is 1. The Hall–Kier alpha value is -1.85. The predicted octanol–water partition coefficient (Wildman–Crippen LogP) is 1.77. The first-order chi connectivity index (χ1) is 8.04. The quantitative estimate of drug-likeness (QED) is 0.820. The number of carbonyl (C=O) groups is 1. The first-order valence-electron chi connectivity index (χ1n) is 5.20. The van der Waals surface area contributed by atoms with E-state index < -0.39 is 17.9 Å². The van der Waals surface area contributed by atoms with Gasteiger partial charge in [-0.25, -0.2) is 14.2 Å². The molecular weight excluding hydrogens is 227 g/mol. The minimum absolute atomic E-state index is 0.0757. The molecule has 1 rings (SSSR count). The van der Waals surface area contributed by atoms with Crippen LogP contribution in [0.3, 0.4) is 0 Å². The summed E-state index contributed by atoms with van der Waals surface area (Å²) in [4.78, 5) is 14.6. The summed E-state index contributed by atoms with van der Waals surface area (Å²) in [5.41, 5.74) is 5.21.